The van der Waals surface area contributed by atoms with Crippen LogP contribution < -0.4 is 0 Å². The van der Waals surface area contributed by atoms with E-state index in [0.29, 0.717) is 63.4 Å². The fourth-order valence-corrected chi connectivity index (χ4v) is 10.2. The molecule has 378 valence electrons. The van der Waals surface area contributed by atoms with Crippen LogP contribution in [0.1, 0.15) is 125 Å². The van der Waals surface area contributed by atoms with Gasteiger partial charge in [-0.2, -0.15) is 0 Å². The van der Waals surface area contributed by atoms with E-state index >= 15 is 0 Å². The molecule has 4 rings (SSSR count). The van der Waals surface area contributed by atoms with Crippen molar-refractivity contribution in [2.45, 2.75) is 180 Å². The number of rotatable bonds is 9. The van der Waals surface area contributed by atoms with Crippen LogP contribution in [0.2, 0.25) is 0 Å². The van der Waals surface area contributed by atoms with Gasteiger partial charge < -0.3 is 48.6 Å². The highest BCUT2D eigenvalue weighted by atomic mass is 16.6. The van der Waals surface area contributed by atoms with E-state index in [1.807, 2.05) is 58.1 Å². The number of aliphatic hydroxyl groups excluding tert-OH is 2. The molecule has 3 N–H and O–H groups in total. The summed E-state index contributed by atoms with van der Waals surface area (Å²) in [6.07, 6.45) is 11.9. The van der Waals surface area contributed by atoms with Gasteiger partial charge in [-0.15, -0.1) is 0 Å². The molecule has 3 heterocycles. The minimum Gasteiger partial charge on any atom is -0.460 e. The lowest BCUT2D eigenvalue weighted by atomic mass is 9.78. The Kier molecular flexibility index (Phi) is 22.7. The zero-order valence-electron chi connectivity index (χ0n) is 41.6. The lowest BCUT2D eigenvalue weighted by molar-refractivity contribution is -0.265. The Bertz CT molecular complexity index is 1770. The fraction of sp³-hybridized carbons (Fsp3) is 0.750. The standard InChI is InChI=1S/C52H81NO14/c1-32-15-11-10-12-16-33(2)43(62-7)31-40-22-19-37(6)52(61,67-40)49(58)50(59)53-24-14-13-17-41(53)51(60)66-44(35(4)28-38-20-23-42(65-26-25-54)45(29-38)63-8)30-39(55)21-18-34(3)46(56)48(64-9)47(57)36(5)27-32/h10-12,15-16,18,32,35-38,40-46,48,54,56,61H,13-14,17,19-31H2,1-9H3/b12-10+,15-11+,33-16+,34-18+/t32-,35-,36?,37-,38?,40+,41?,42-,43+,44+,45-,46-,48?,52-/m1/s1. The number of ether oxygens (including phenoxy) is 6. The third-order valence-corrected chi connectivity index (χ3v) is 14.5. The number of esters is 1. The van der Waals surface area contributed by atoms with E-state index in [9.17, 15) is 39.3 Å². The number of amides is 1. The number of ketones is 3. The quantitative estimate of drug-likeness (QED) is 0.139. The Morgan fingerprint density at radius 1 is 0.866 bits per heavy atom. The molecule has 14 atom stereocenters. The van der Waals surface area contributed by atoms with E-state index in [2.05, 4.69) is 0 Å². The molecule has 1 amide bonds. The third kappa shape index (κ3) is 15.5. The Balaban J connectivity index is 1.67. The Morgan fingerprint density at radius 3 is 2.30 bits per heavy atom. The van der Waals surface area contributed by atoms with Crippen LogP contribution in [0.5, 0.6) is 0 Å². The Hall–Kier alpha value is -3.41. The first kappa shape index (κ1) is 56.2. The number of Topliss-reactive ketones (excluding diaryl/α,β-unsaturated/α-hetero) is 3. The molecule has 2 bridgehead atoms. The summed E-state index contributed by atoms with van der Waals surface area (Å²) in [5.74, 6) is -7.17. The monoisotopic (exact) mass is 944 g/mol. The smallest absolute Gasteiger partial charge is 0.329 e. The van der Waals surface area contributed by atoms with Crippen LogP contribution in [0.3, 0.4) is 0 Å². The van der Waals surface area contributed by atoms with Crippen molar-refractivity contribution in [1.29, 1.82) is 0 Å². The molecule has 15 nitrogen and oxygen atoms in total. The molecule has 3 fully saturated rings. The van der Waals surface area contributed by atoms with Crippen LogP contribution in [0.4, 0.5) is 0 Å². The number of piperidine rings is 1. The van der Waals surface area contributed by atoms with Gasteiger partial charge in [0.2, 0.25) is 5.79 Å². The fourth-order valence-electron chi connectivity index (χ4n) is 10.2. The van der Waals surface area contributed by atoms with Crippen LogP contribution >= 0.6 is 0 Å². The highest BCUT2D eigenvalue weighted by molar-refractivity contribution is 6.39. The first-order chi connectivity index (χ1) is 31.9. The zero-order valence-corrected chi connectivity index (χ0v) is 41.6. The summed E-state index contributed by atoms with van der Waals surface area (Å²) >= 11 is 0. The van der Waals surface area contributed by atoms with Crippen molar-refractivity contribution in [3.63, 3.8) is 0 Å². The van der Waals surface area contributed by atoms with Gasteiger partial charge in [-0.3, -0.25) is 19.2 Å². The third-order valence-electron chi connectivity index (χ3n) is 14.5. The van der Waals surface area contributed by atoms with Crippen molar-refractivity contribution < 1.29 is 67.7 Å². The van der Waals surface area contributed by atoms with E-state index in [1.54, 1.807) is 34.1 Å². The normalized spacial score (nSPS) is 38.4. The maximum absolute atomic E-state index is 14.4. The number of hydrogen-bond donors (Lipinski definition) is 3. The lowest BCUT2D eigenvalue weighted by Gasteiger charge is -2.42. The number of methoxy groups -OCH3 is 3. The van der Waals surface area contributed by atoms with Gasteiger partial charge in [0.05, 0.1) is 37.6 Å². The summed E-state index contributed by atoms with van der Waals surface area (Å²) < 4.78 is 35.4. The summed E-state index contributed by atoms with van der Waals surface area (Å²) in [6, 6.07) is -1.14. The largest absolute Gasteiger partial charge is 0.460 e. The Labute approximate surface area is 398 Å². The number of hydrogen-bond acceptors (Lipinski definition) is 14. The van der Waals surface area contributed by atoms with Gasteiger partial charge in [0.1, 0.15) is 30.1 Å². The van der Waals surface area contributed by atoms with E-state index in [4.69, 9.17) is 28.4 Å². The number of carbonyl (C=O) groups is 5. The summed E-state index contributed by atoms with van der Waals surface area (Å²) in [4.78, 5) is 71.6. The summed E-state index contributed by atoms with van der Waals surface area (Å²) in [6.45, 7) is 11.2. The predicted octanol–water partition coefficient (Wildman–Crippen LogP) is 5.95. The predicted molar refractivity (Wildman–Crippen MR) is 251 cm³/mol. The van der Waals surface area contributed by atoms with Crippen LogP contribution in [0.15, 0.2) is 47.6 Å². The van der Waals surface area contributed by atoms with E-state index in [1.165, 1.54) is 12.0 Å². The number of fused-ring (bicyclic) bond motifs is 3. The van der Waals surface area contributed by atoms with Crippen LogP contribution in [-0.4, -0.2) is 145 Å². The van der Waals surface area contributed by atoms with Crippen molar-refractivity contribution >= 4 is 29.2 Å². The topological polar surface area (TPSA) is 205 Å². The molecule has 0 aromatic carbocycles. The second-order valence-corrected chi connectivity index (χ2v) is 19.7. The summed E-state index contributed by atoms with van der Waals surface area (Å²) in [5.41, 5.74) is 1.27. The maximum Gasteiger partial charge on any atom is 0.329 e. The van der Waals surface area contributed by atoms with Gasteiger partial charge in [-0.25, -0.2) is 4.79 Å². The summed E-state index contributed by atoms with van der Waals surface area (Å²) in [7, 11) is 4.58. The molecular formula is C52H81NO14. The molecule has 1 aliphatic carbocycles. The molecule has 15 heteroatoms. The number of carbonyl (C=O) groups excluding carboxylic acids is 5. The van der Waals surface area contributed by atoms with Gasteiger partial charge in [0.25, 0.3) is 11.7 Å². The van der Waals surface area contributed by atoms with Gasteiger partial charge in [-0.1, -0.05) is 64.2 Å². The molecule has 3 aliphatic heterocycles. The van der Waals surface area contributed by atoms with Crippen LogP contribution in [-0.2, 0) is 52.4 Å². The molecule has 4 aliphatic rings. The first-order valence-electron chi connectivity index (χ1n) is 24.6. The highest BCUT2D eigenvalue weighted by Crippen LogP contribution is 2.38. The average molecular weight is 944 g/mol. The Morgan fingerprint density at radius 2 is 1.61 bits per heavy atom. The van der Waals surface area contributed by atoms with Crippen molar-refractivity contribution in [2.75, 3.05) is 41.1 Å². The minimum absolute atomic E-state index is 0.0204. The van der Waals surface area contributed by atoms with Crippen molar-refractivity contribution in [2.24, 2.45) is 29.6 Å². The summed E-state index contributed by atoms with van der Waals surface area (Å²) in [5, 5.41) is 32.6. The lowest BCUT2D eigenvalue weighted by Crippen LogP contribution is -2.61. The molecule has 1 saturated carbocycles. The number of allylic oxidation sites excluding steroid dienone is 6. The molecular weight excluding hydrogens is 863 g/mol. The molecule has 4 unspecified atom stereocenters. The number of cyclic esters (lactones) is 1. The minimum atomic E-state index is -2.43. The van der Waals surface area contributed by atoms with Gasteiger partial charge in [0, 0.05) is 59.0 Å². The van der Waals surface area contributed by atoms with Gasteiger partial charge in [0.15, 0.2) is 5.78 Å². The molecule has 67 heavy (non-hydrogen) atoms. The van der Waals surface area contributed by atoms with Crippen molar-refractivity contribution in [3.05, 3.63) is 47.6 Å². The molecule has 0 spiro atoms. The van der Waals surface area contributed by atoms with Gasteiger partial charge in [-0.05, 0) is 107 Å². The SMILES string of the molecule is COC1C(=O)C(C)C[C@H](C)/C=C/C=C/C=C(\C)[C@@H](OC)C[C@@H]2CC[C@@H](C)[C@@](O)(O2)C(=O)C(=O)N2CCCCC2C(=O)O[C@H]([C@H](C)CC2CC[C@@H](OCCO)[C@H](OC)C2)CC(=O)C/C=C(\C)[C@H]1O. The second kappa shape index (κ2) is 27.1. The first-order valence-corrected chi connectivity index (χ1v) is 24.6. The second-order valence-electron chi connectivity index (χ2n) is 19.7. The van der Waals surface area contributed by atoms with Crippen LogP contribution in [0, 0.1) is 29.6 Å². The molecule has 0 radical (unpaired) electrons. The van der Waals surface area contributed by atoms with Gasteiger partial charge >= 0.3 is 5.97 Å². The zero-order chi connectivity index (χ0) is 49.4. The van der Waals surface area contributed by atoms with Crippen LogP contribution in [0.25, 0.3) is 0 Å². The number of aliphatic hydroxyl groups is 3. The highest BCUT2D eigenvalue weighted by Gasteiger charge is 2.53. The molecule has 2 saturated heterocycles. The van der Waals surface area contributed by atoms with E-state index in [0.717, 1.165) is 12.0 Å². The average Bonchev–Trinajstić information content (AvgIpc) is 3.31. The van der Waals surface area contributed by atoms with Crippen molar-refractivity contribution in [1.82, 2.24) is 4.90 Å². The van der Waals surface area contributed by atoms with E-state index in [-0.39, 0.29) is 80.5 Å². The maximum atomic E-state index is 14.4. The van der Waals surface area contributed by atoms with E-state index < -0.39 is 71.8 Å². The molecule has 0 aromatic rings. The van der Waals surface area contributed by atoms with Crippen molar-refractivity contribution in [3.8, 4) is 0 Å². The molecule has 0 aromatic heterocycles. The number of nitrogens with zero attached hydrogens (tertiary/aromatic N) is 1.